The van der Waals surface area contributed by atoms with Crippen LogP contribution in [0.25, 0.3) is 0 Å². The molecule has 1 atom stereocenters. The maximum absolute atomic E-state index is 12.2. The Bertz CT molecular complexity index is 515. The van der Waals surface area contributed by atoms with Crippen LogP contribution in [0.1, 0.15) is 13.8 Å². The van der Waals surface area contributed by atoms with E-state index in [1.54, 1.807) is 6.07 Å². The Hall–Kier alpha value is -1.29. The standard InChI is InChI=1S/C11H14N2OS/c1-8(2)11-12-9-6-4-5-7-10(9)15(3,14)13-11/h4-8H,3H2,1-2H3,(H,12,13,14). The van der Waals surface area contributed by atoms with Crippen molar-refractivity contribution in [3.8, 4) is 0 Å². The SMILES string of the molecule is C=S1(=O)N=C(C(C)C)Nc2ccccc21. The van der Waals surface area contributed by atoms with Crippen molar-refractivity contribution in [2.24, 2.45) is 10.3 Å². The molecular formula is C11H14N2OS. The fourth-order valence-electron chi connectivity index (χ4n) is 1.47. The summed E-state index contributed by atoms with van der Waals surface area (Å²) in [7, 11) is -2.51. The summed E-state index contributed by atoms with van der Waals surface area (Å²) in [5.41, 5.74) is 0.858. The summed E-state index contributed by atoms with van der Waals surface area (Å²) in [6.45, 7) is 4.02. The van der Waals surface area contributed by atoms with Gasteiger partial charge in [0.2, 0.25) is 0 Å². The number of hydrogen-bond acceptors (Lipinski definition) is 2. The second kappa shape index (κ2) is 3.38. The number of rotatable bonds is 1. The summed E-state index contributed by atoms with van der Waals surface area (Å²) in [5, 5.41) is 3.18. The fraction of sp³-hybridized carbons (Fsp3) is 0.273. The highest BCUT2D eigenvalue weighted by Gasteiger charge is 2.20. The molecular weight excluding hydrogens is 208 g/mol. The molecule has 1 aromatic carbocycles. The van der Waals surface area contributed by atoms with E-state index >= 15 is 0 Å². The quantitative estimate of drug-likeness (QED) is 0.740. The largest absolute Gasteiger partial charge is 0.342 e. The van der Waals surface area contributed by atoms with Crippen molar-refractivity contribution in [3.63, 3.8) is 0 Å². The molecule has 0 saturated carbocycles. The third-order valence-electron chi connectivity index (χ3n) is 2.29. The van der Waals surface area contributed by atoms with E-state index in [0.717, 1.165) is 11.5 Å². The Morgan fingerprint density at radius 3 is 2.73 bits per heavy atom. The third-order valence-corrected chi connectivity index (χ3v) is 3.82. The highest BCUT2D eigenvalue weighted by molar-refractivity contribution is 7.99. The molecule has 3 nitrogen and oxygen atoms in total. The average molecular weight is 222 g/mol. The molecule has 4 heteroatoms. The number of benzene rings is 1. The van der Waals surface area contributed by atoms with Crippen molar-refractivity contribution in [2.45, 2.75) is 18.7 Å². The van der Waals surface area contributed by atoms with Crippen molar-refractivity contribution in [2.75, 3.05) is 5.32 Å². The Morgan fingerprint density at radius 1 is 1.40 bits per heavy atom. The minimum absolute atomic E-state index is 0.223. The molecule has 15 heavy (non-hydrogen) atoms. The lowest BCUT2D eigenvalue weighted by molar-refractivity contribution is 0.681. The van der Waals surface area contributed by atoms with E-state index in [9.17, 15) is 4.21 Å². The van der Waals surface area contributed by atoms with Gasteiger partial charge >= 0.3 is 0 Å². The van der Waals surface area contributed by atoms with Gasteiger partial charge < -0.3 is 5.32 Å². The van der Waals surface area contributed by atoms with E-state index in [1.165, 1.54) is 0 Å². The molecule has 0 amide bonds. The molecule has 0 spiro atoms. The van der Waals surface area contributed by atoms with Crippen LogP contribution in [-0.4, -0.2) is 15.9 Å². The van der Waals surface area contributed by atoms with Crippen LogP contribution in [-0.2, 0) is 9.71 Å². The van der Waals surface area contributed by atoms with Gasteiger partial charge in [-0.05, 0) is 18.0 Å². The highest BCUT2D eigenvalue weighted by atomic mass is 32.2. The van der Waals surface area contributed by atoms with Crippen LogP contribution >= 0.6 is 0 Å². The van der Waals surface area contributed by atoms with Gasteiger partial charge in [0.1, 0.15) is 5.84 Å². The molecule has 2 rings (SSSR count). The van der Waals surface area contributed by atoms with Crippen molar-refractivity contribution >= 4 is 27.1 Å². The zero-order chi connectivity index (χ0) is 11.1. The molecule has 0 bridgehead atoms. The summed E-state index contributed by atoms with van der Waals surface area (Å²) < 4.78 is 16.4. The second-order valence-electron chi connectivity index (χ2n) is 3.89. The molecule has 0 radical (unpaired) electrons. The lowest BCUT2D eigenvalue weighted by Crippen LogP contribution is -2.25. The maximum atomic E-state index is 12.2. The molecule has 1 aromatic rings. The molecule has 1 heterocycles. The van der Waals surface area contributed by atoms with Crippen molar-refractivity contribution in [1.82, 2.24) is 0 Å². The van der Waals surface area contributed by atoms with E-state index in [0.29, 0.717) is 4.90 Å². The number of anilines is 1. The topological polar surface area (TPSA) is 41.5 Å². The lowest BCUT2D eigenvalue weighted by Gasteiger charge is -2.22. The summed E-state index contributed by atoms with van der Waals surface area (Å²) in [5.74, 6) is 4.67. The Morgan fingerprint density at radius 2 is 2.07 bits per heavy atom. The van der Waals surface area contributed by atoms with Gasteiger partial charge in [0.25, 0.3) is 0 Å². The monoisotopic (exact) mass is 222 g/mol. The first-order chi connectivity index (χ1) is 7.00. The van der Waals surface area contributed by atoms with Gasteiger partial charge in [-0.2, -0.15) is 4.40 Å². The first kappa shape index (κ1) is 10.2. The predicted octanol–water partition coefficient (Wildman–Crippen LogP) is 2.16. The van der Waals surface area contributed by atoms with E-state index in [-0.39, 0.29) is 5.92 Å². The van der Waals surface area contributed by atoms with Crippen LogP contribution in [0.2, 0.25) is 0 Å². The number of hydrogen-bond donors (Lipinski definition) is 1. The molecule has 0 aliphatic carbocycles. The van der Waals surface area contributed by atoms with Crippen LogP contribution in [0, 0.1) is 5.92 Å². The van der Waals surface area contributed by atoms with Gasteiger partial charge in [-0.1, -0.05) is 26.0 Å². The predicted molar refractivity (Wildman–Crippen MR) is 65.9 cm³/mol. The normalized spacial score (nSPS) is 24.3. The highest BCUT2D eigenvalue weighted by Crippen LogP contribution is 2.27. The third kappa shape index (κ3) is 1.77. The van der Waals surface area contributed by atoms with E-state index in [4.69, 9.17) is 0 Å². The van der Waals surface area contributed by atoms with Gasteiger partial charge in [-0.3, -0.25) is 0 Å². The first-order valence-electron chi connectivity index (χ1n) is 4.84. The number of nitrogens with one attached hydrogen (secondary N) is 1. The van der Waals surface area contributed by atoms with Gasteiger partial charge in [0.05, 0.1) is 20.3 Å². The second-order valence-corrected chi connectivity index (χ2v) is 5.80. The van der Waals surface area contributed by atoms with Gasteiger partial charge in [0.15, 0.2) is 0 Å². The number of amidine groups is 1. The molecule has 0 aromatic heterocycles. The van der Waals surface area contributed by atoms with Gasteiger partial charge in [-0.15, -0.1) is 0 Å². The maximum Gasteiger partial charge on any atom is 0.119 e. The number of fused-ring (bicyclic) bond motifs is 1. The summed E-state index contributed by atoms with van der Waals surface area (Å²) in [4.78, 5) is 0.689. The minimum atomic E-state index is -2.51. The van der Waals surface area contributed by atoms with E-state index in [2.05, 4.69) is 15.6 Å². The minimum Gasteiger partial charge on any atom is -0.342 e. The van der Waals surface area contributed by atoms with Gasteiger partial charge in [-0.25, -0.2) is 4.21 Å². The first-order valence-corrected chi connectivity index (χ1v) is 6.52. The molecule has 0 saturated heterocycles. The van der Waals surface area contributed by atoms with Crippen molar-refractivity contribution < 1.29 is 4.21 Å². The Balaban J connectivity index is 2.60. The zero-order valence-electron chi connectivity index (χ0n) is 8.86. The van der Waals surface area contributed by atoms with Crippen LogP contribution < -0.4 is 5.32 Å². The van der Waals surface area contributed by atoms with Crippen LogP contribution in [0.5, 0.6) is 0 Å². The summed E-state index contributed by atoms with van der Waals surface area (Å²) in [6.07, 6.45) is 0. The molecule has 80 valence electrons. The average Bonchev–Trinajstić information content (AvgIpc) is 2.16. The lowest BCUT2D eigenvalue weighted by atomic mass is 10.2. The fourth-order valence-corrected chi connectivity index (χ4v) is 2.89. The summed E-state index contributed by atoms with van der Waals surface area (Å²) in [6, 6.07) is 7.46. The summed E-state index contributed by atoms with van der Waals surface area (Å²) >= 11 is 0. The van der Waals surface area contributed by atoms with Crippen molar-refractivity contribution in [1.29, 1.82) is 0 Å². The Labute approximate surface area is 90.4 Å². The number of nitrogens with zero attached hydrogens (tertiary/aromatic N) is 1. The molecule has 1 N–H and O–H groups in total. The molecule has 1 aliphatic rings. The van der Waals surface area contributed by atoms with Crippen molar-refractivity contribution in [3.05, 3.63) is 24.3 Å². The van der Waals surface area contributed by atoms with Crippen LogP contribution in [0.15, 0.2) is 33.6 Å². The van der Waals surface area contributed by atoms with Crippen LogP contribution in [0.4, 0.5) is 5.69 Å². The van der Waals surface area contributed by atoms with E-state index < -0.39 is 9.71 Å². The van der Waals surface area contributed by atoms with Crippen LogP contribution in [0.3, 0.4) is 0 Å². The molecule has 0 fully saturated rings. The number of para-hydroxylation sites is 1. The smallest absolute Gasteiger partial charge is 0.119 e. The molecule has 1 unspecified atom stereocenters. The Kier molecular flexibility index (Phi) is 2.31. The van der Waals surface area contributed by atoms with Gasteiger partial charge in [0, 0.05) is 5.92 Å². The molecule has 1 aliphatic heterocycles. The van der Waals surface area contributed by atoms with E-state index in [1.807, 2.05) is 32.0 Å². The zero-order valence-corrected chi connectivity index (χ0v) is 9.67.